The van der Waals surface area contributed by atoms with Gasteiger partial charge in [-0.2, -0.15) is 11.8 Å². The molecule has 2 aromatic rings. The van der Waals surface area contributed by atoms with Gasteiger partial charge in [0.25, 0.3) is 0 Å². The van der Waals surface area contributed by atoms with Crippen molar-refractivity contribution in [3.05, 3.63) is 29.7 Å². The summed E-state index contributed by atoms with van der Waals surface area (Å²) in [5.74, 6) is 3.85. The van der Waals surface area contributed by atoms with Crippen molar-refractivity contribution in [2.45, 2.75) is 12.3 Å². The van der Waals surface area contributed by atoms with E-state index in [0.717, 1.165) is 23.5 Å². The highest BCUT2D eigenvalue weighted by Gasteiger charge is 2.22. The molecule has 1 unspecified atom stereocenters. The maximum Gasteiger partial charge on any atom is 0.161 e. The average molecular weight is 233 g/mol. The number of aromatic nitrogens is 3. The number of carbonyl (C=O) groups is 1. The van der Waals surface area contributed by atoms with Crippen molar-refractivity contribution < 1.29 is 4.79 Å². The first kappa shape index (κ1) is 9.84. The third kappa shape index (κ3) is 1.51. The van der Waals surface area contributed by atoms with Gasteiger partial charge in [-0.15, -0.1) is 10.2 Å². The summed E-state index contributed by atoms with van der Waals surface area (Å²) >= 11 is 1.96. The number of fused-ring (bicyclic) bond motifs is 1. The minimum atomic E-state index is 0.502. The van der Waals surface area contributed by atoms with Crippen LogP contribution in [0.4, 0.5) is 0 Å². The highest BCUT2D eigenvalue weighted by Crippen LogP contribution is 2.31. The molecule has 1 fully saturated rings. The number of hydrogen-bond acceptors (Lipinski definition) is 4. The van der Waals surface area contributed by atoms with Gasteiger partial charge in [-0.3, -0.25) is 9.20 Å². The molecule has 0 amide bonds. The van der Waals surface area contributed by atoms with Crippen molar-refractivity contribution in [1.82, 2.24) is 14.6 Å². The first-order chi connectivity index (χ1) is 7.88. The summed E-state index contributed by atoms with van der Waals surface area (Å²) < 4.78 is 1.99. The standard InChI is InChI=1S/C11H11N3OS/c15-6-8-1-3-14-10(5-8)12-13-11(14)9-2-4-16-7-9/h1,3,5-6,9H,2,4,7H2. The quantitative estimate of drug-likeness (QED) is 0.742. The van der Waals surface area contributed by atoms with Gasteiger partial charge in [0.05, 0.1) is 0 Å². The molecule has 0 aliphatic carbocycles. The number of thioether (sulfide) groups is 1. The number of pyridine rings is 1. The van der Waals surface area contributed by atoms with E-state index in [1.54, 1.807) is 12.1 Å². The van der Waals surface area contributed by atoms with Crippen LogP contribution >= 0.6 is 11.8 Å². The second-order valence-corrected chi connectivity index (χ2v) is 5.07. The van der Waals surface area contributed by atoms with E-state index >= 15 is 0 Å². The Labute approximate surface area is 97.1 Å². The fourth-order valence-electron chi connectivity index (χ4n) is 2.01. The second kappa shape index (κ2) is 3.90. The summed E-state index contributed by atoms with van der Waals surface area (Å²) in [4.78, 5) is 10.7. The number of hydrogen-bond donors (Lipinski definition) is 0. The van der Waals surface area contributed by atoms with Crippen LogP contribution in [0.1, 0.15) is 28.5 Å². The number of nitrogens with zero attached hydrogens (tertiary/aromatic N) is 3. The molecule has 1 aliphatic rings. The Morgan fingerprint density at radius 2 is 2.44 bits per heavy atom. The molecule has 5 heteroatoms. The molecule has 4 nitrogen and oxygen atoms in total. The molecule has 82 valence electrons. The molecule has 3 rings (SSSR count). The molecule has 3 heterocycles. The Morgan fingerprint density at radius 3 is 3.19 bits per heavy atom. The molecular weight excluding hydrogens is 222 g/mol. The van der Waals surface area contributed by atoms with Gasteiger partial charge in [0.1, 0.15) is 12.1 Å². The largest absolute Gasteiger partial charge is 0.298 e. The lowest BCUT2D eigenvalue weighted by Gasteiger charge is -2.05. The SMILES string of the molecule is O=Cc1ccn2c(C3CCSC3)nnc2c1. The Kier molecular flexibility index (Phi) is 2.40. The van der Waals surface area contributed by atoms with E-state index < -0.39 is 0 Å². The lowest BCUT2D eigenvalue weighted by Crippen LogP contribution is -2.03. The third-order valence-electron chi connectivity index (χ3n) is 2.89. The molecule has 1 saturated heterocycles. The van der Waals surface area contributed by atoms with Gasteiger partial charge in [0.2, 0.25) is 0 Å². The van der Waals surface area contributed by atoms with E-state index in [-0.39, 0.29) is 0 Å². The molecule has 0 saturated carbocycles. The van der Waals surface area contributed by atoms with Gasteiger partial charge in [-0.05, 0) is 24.3 Å². The van der Waals surface area contributed by atoms with E-state index in [4.69, 9.17) is 0 Å². The zero-order valence-electron chi connectivity index (χ0n) is 8.67. The van der Waals surface area contributed by atoms with Gasteiger partial charge in [0.15, 0.2) is 5.65 Å². The minimum absolute atomic E-state index is 0.502. The van der Waals surface area contributed by atoms with E-state index in [1.807, 2.05) is 22.4 Å². The number of aldehydes is 1. The van der Waals surface area contributed by atoms with Crippen molar-refractivity contribution in [3.8, 4) is 0 Å². The Bertz CT molecular complexity index is 531. The van der Waals surface area contributed by atoms with Gasteiger partial charge >= 0.3 is 0 Å². The molecule has 1 atom stereocenters. The molecule has 0 N–H and O–H groups in total. The van der Waals surface area contributed by atoms with Crippen LogP contribution < -0.4 is 0 Å². The van der Waals surface area contributed by atoms with Crippen LogP contribution in [0.2, 0.25) is 0 Å². The summed E-state index contributed by atoms with van der Waals surface area (Å²) in [7, 11) is 0. The molecule has 0 aromatic carbocycles. The highest BCUT2D eigenvalue weighted by molar-refractivity contribution is 7.99. The molecule has 1 aliphatic heterocycles. The van der Waals surface area contributed by atoms with Crippen LogP contribution in [-0.4, -0.2) is 32.4 Å². The van der Waals surface area contributed by atoms with Gasteiger partial charge in [-0.25, -0.2) is 0 Å². The maximum atomic E-state index is 10.7. The Balaban J connectivity index is 2.09. The van der Waals surface area contributed by atoms with Crippen LogP contribution in [0.3, 0.4) is 0 Å². The lowest BCUT2D eigenvalue weighted by molar-refractivity contribution is 0.112. The Morgan fingerprint density at radius 1 is 1.50 bits per heavy atom. The molecule has 16 heavy (non-hydrogen) atoms. The van der Waals surface area contributed by atoms with Gasteiger partial charge < -0.3 is 0 Å². The van der Waals surface area contributed by atoms with Crippen LogP contribution in [0.25, 0.3) is 5.65 Å². The smallest absolute Gasteiger partial charge is 0.161 e. The molecule has 0 radical (unpaired) electrons. The monoisotopic (exact) mass is 233 g/mol. The fraction of sp³-hybridized carbons (Fsp3) is 0.364. The average Bonchev–Trinajstić information content (AvgIpc) is 2.96. The summed E-state index contributed by atoms with van der Waals surface area (Å²) in [6.07, 6.45) is 3.89. The summed E-state index contributed by atoms with van der Waals surface area (Å²) in [5, 5.41) is 8.35. The van der Waals surface area contributed by atoms with Crippen molar-refractivity contribution in [1.29, 1.82) is 0 Å². The van der Waals surface area contributed by atoms with E-state index in [9.17, 15) is 4.79 Å². The highest BCUT2D eigenvalue weighted by atomic mass is 32.2. The van der Waals surface area contributed by atoms with Gasteiger partial charge in [0, 0.05) is 23.4 Å². The molecule has 0 bridgehead atoms. The predicted octanol–water partition coefficient (Wildman–Crippen LogP) is 1.76. The van der Waals surface area contributed by atoms with E-state index in [0.29, 0.717) is 11.5 Å². The van der Waals surface area contributed by atoms with E-state index in [1.165, 1.54) is 12.2 Å². The normalized spacial score (nSPS) is 20.4. The number of rotatable bonds is 2. The van der Waals surface area contributed by atoms with Crippen molar-refractivity contribution in [3.63, 3.8) is 0 Å². The first-order valence-corrected chi connectivity index (χ1v) is 6.41. The van der Waals surface area contributed by atoms with Crippen molar-refractivity contribution in [2.24, 2.45) is 0 Å². The number of carbonyl (C=O) groups excluding carboxylic acids is 1. The Hall–Kier alpha value is -1.36. The zero-order valence-corrected chi connectivity index (χ0v) is 9.48. The minimum Gasteiger partial charge on any atom is -0.298 e. The lowest BCUT2D eigenvalue weighted by atomic mass is 10.1. The summed E-state index contributed by atoms with van der Waals surface area (Å²) in [5.41, 5.74) is 1.41. The van der Waals surface area contributed by atoms with Crippen LogP contribution in [0.15, 0.2) is 18.3 Å². The second-order valence-electron chi connectivity index (χ2n) is 3.92. The van der Waals surface area contributed by atoms with Crippen molar-refractivity contribution >= 4 is 23.7 Å². The first-order valence-electron chi connectivity index (χ1n) is 5.26. The van der Waals surface area contributed by atoms with Crippen LogP contribution in [-0.2, 0) is 0 Å². The predicted molar refractivity (Wildman–Crippen MR) is 63.1 cm³/mol. The van der Waals surface area contributed by atoms with Gasteiger partial charge in [-0.1, -0.05) is 0 Å². The summed E-state index contributed by atoms with van der Waals surface area (Å²) in [6.45, 7) is 0. The zero-order chi connectivity index (χ0) is 11.0. The summed E-state index contributed by atoms with van der Waals surface area (Å²) in [6, 6.07) is 3.57. The topological polar surface area (TPSA) is 47.3 Å². The van der Waals surface area contributed by atoms with E-state index in [2.05, 4.69) is 10.2 Å². The van der Waals surface area contributed by atoms with Crippen LogP contribution in [0, 0.1) is 0 Å². The van der Waals surface area contributed by atoms with Crippen molar-refractivity contribution in [2.75, 3.05) is 11.5 Å². The molecule has 2 aromatic heterocycles. The van der Waals surface area contributed by atoms with Crippen LogP contribution in [0.5, 0.6) is 0 Å². The fourth-order valence-corrected chi connectivity index (χ4v) is 3.23. The third-order valence-corrected chi connectivity index (χ3v) is 4.05. The molecular formula is C11H11N3OS. The molecule has 0 spiro atoms. The maximum absolute atomic E-state index is 10.7.